The van der Waals surface area contributed by atoms with Gasteiger partial charge in [0.05, 0.1) is 10.8 Å². The minimum absolute atomic E-state index is 0.0725. The Morgan fingerprint density at radius 1 is 1.03 bits per heavy atom. The third-order valence-corrected chi connectivity index (χ3v) is 7.06. The predicted octanol–water partition coefficient (Wildman–Crippen LogP) is 5.09. The van der Waals surface area contributed by atoms with Crippen LogP contribution in [0.3, 0.4) is 0 Å². The van der Waals surface area contributed by atoms with Crippen LogP contribution in [0.4, 0.5) is 5.69 Å². The molecule has 0 atom stereocenters. The van der Waals surface area contributed by atoms with Crippen LogP contribution < -0.4 is 5.32 Å². The van der Waals surface area contributed by atoms with Crippen LogP contribution in [-0.2, 0) is 16.1 Å². The van der Waals surface area contributed by atoms with Gasteiger partial charge in [0, 0.05) is 55.3 Å². The first kappa shape index (κ1) is 23.9. The van der Waals surface area contributed by atoms with E-state index in [0.717, 1.165) is 55.3 Å². The molecule has 2 aromatic rings. The molecule has 1 aliphatic heterocycles. The van der Waals surface area contributed by atoms with Gasteiger partial charge in [-0.05, 0) is 48.7 Å². The first-order valence-corrected chi connectivity index (χ1v) is 12.0. The van der Waals surface area contributed by atoms with Gasteiger partial charge in [0.2, 0.25) is 11.8 Å². The topological polar surface area (TPSA) is 52.7 Å². The summed E-state index contributed by atoms with van der Waals surface area (Å²) in [5.74, 6) is 0.428. The lowest BCUT2D eigenvalue weighted by molar-refractivity contribution is -0.128. The Hall–Kier alpha value is -1.73. The van der Waals surface area contributed by atoms with Gasteiger partial charge in [0.15, 0.2) is 0 Å². The lowest BCUT2D eigenvalue weighted by Gasteiger charge is -2.22. The number of carbonyl (C=O) groups excluding carboxylic acids is 2. The number of anilines is 1. The number of halogens is 2. The number of thioether (sulfide) groups is 1. The molecule has 5 nitrogen and oxygen atoms in total. The van der Waals surface area contributed by atoms with Crippen molar-refractivity contribution in [2.75, 3.05) is 37.2 Å². The molecule has 0 spiro atoms. The molecular formula is C23H27Cl2N3O2S. The average Bonchev–Trinajstić information content (AvgIpc) is 2.96. The summed E-state index contributed by atoms with van der Waals surface area (Å²) in [5.41, 5.74) is 2.95. The standard InChI is InChI=1S/C23H27Cl2N3O2S/c1-16-12-22(21(25)13-20(16)24)31-15-23(30)28-9-3-8-27(10-11-28)14-18-4-6-19(7-5-18)26-17(2)29/h4-7,12-13H,3,8-11,14-15H2,1-2H3,(H,26,29). The number of nitrogens with zero attached hydrogens (tertiary/aromatic N) is 2. The predicted molar refractivity (Wildman–Crippen MR) is 129 cm³/mol. The second-order valence-electron chi connectivity index (χ2n) is 7.71. The number of hydrogen-bond acceptors (Lipinski definition) is 4. The van der Waals surface area contributed by atoms with E-state index >= 15 is 0 Å². The third-order valence-electron chi connectivity index (χ3n) is 5.19. The molecule has 1 aliphatic rings. The highest BCUT2D eigenvalue weighted by Gasteiger charge is 2.20. The van der Waals surface area contributed by atoms with Crippen LogP contribution in [0.25, 0.3) is 0 Å². The summed E-state index contributed by atoms with van der Waals surface area (Å²) in [7, 11) is 0. The van der Waals surface area contributed by atoms with E-state index in [0.29, 0.717) is 15.8 Å². The van der Waals surface area contributed by atoms with E-state index in [9.17, 15) is 9.59 Å². The minimum Gasteiger partial charge on any atom is -0.341 e. The number of hydrogen-bond donors (Lipinski definition) is 1. The van der Waals surface area contributed by atoms with Gasteiger partial charge in [-0.15, -0.1) is 11.8 Å². The van der Waals surface area contributed by atoms with Gasteiger partial charge in [-0.2, -0.15) is 0 Å². The highest BCUT2D eigenvalue weighted by atomic mass is 35.5. The zero-order chi connectivity index (χ0) is 22.4. The molecule has 0 aliphatic carbocycles. The van der Waals surface area contributed by atoms with E-state index < -0.39 is 0 Å². The maximum Gasteiger partial charge on any atom is 0.232 e. The second-order valence-corrected chi connectivity index (χ2v) is 9.54. The number of benzene rings is 2. The van der Waals surface area contributed by atoms with E-state index in [-0.39, 0.29) is 11.8 Å². The molecule has 166 valence electrons. The lowest BCUT2D eigenvalue weighted by atomic mass is 10.2. The highest BCUT2D eigenvalue weighted by Crippen LogP contribution is 2.32. The fourth-order valence-electron chi connectivity index (χ4n) is 3.51. The van der Waals surface area contributed by atoms with Crippen molar-refractivity contribution >= 4 is 52.5 Å². The third kappa shape index (κ3) is 7.14. The molecular weight excluding hydrogens is 453 g/mol. The summed E-state index contributed by atoms with van der Waals surface area (Å²) >= 11 is 13.8. The second kappa shape index (κ2) is 11.2. The molecule has 1 saturated heterocycles. The van der Waals surface area contributed by atoms with E-state index in [1.165, 1.54) is 24.2 Å². The summed E-state index contributed by atoms with van der Waals surface area (Å²) in [4.78, 5) is 29.1. The molecule has 31 heavy (non-hydrogen) atoms. The first-order valence-electron chi connectivity index (χ1n) is 10.3. The lowest BCUT2D eigenvalue weighted by Crippen LogP contribution is -2.36. The molecule has 1 N–H and O–H groups in total. The van der Waals surface area contributed by atoms with Crippen LogP contribution in [0.1, 0.15) is 24.5 Å². The summed E-state index contributed by atoms with van der Waals surface area (Å²) in [5, 5.41) is 4.00. The summed E-state index contributed by atoms with van der Waals surface area (Å²) in [6, 6.07) is 11.6. The van der Waals surface area contributed by atoms with Gasteiger partial charge >= 0.3 is 0 Å². The Morgan fingerprint density at radius 3 is 2.48 bits per heavy atom. The van der Waals surface area contributed by atoms with E-state index in [2.05, 4.69) is 10.2 Å². The fourth-order valence-corrected chi connectivity index (χ4v) is 4.97. The Morgan fingerprint density at radius 2 is 1.77 bits per heavy atom. The number of rotatable bonds is 6. The molecule has 0 bridgehead atoms. The number of amides is 2. The molecule has 3 rings (SSSR count). The molecule has 0 saturated carbocycles. The number of aryl methyl sites for hydroxylation is 1. The molecule has 1 fully saturated rings. The average molecular weight is 480 g/mol. The van der Waals surface area contributed by atoms with Gasteiger partial charge in [-0.1, -0.05) is 35.3 Å². The monoisotopic (exact) mass is 479 g/mol. The molecule has 0 radical (unpaired) electrons. The van der Waals surface area contributed by atoms with Crippen molar-refractivity contribution in [1.82, 2.24) is 9.80 Å². The van der Waals surface area contributed by atoms with E-state index in [4.69, 9.17) is 23.2 Å². The van der Waals surface area contributed by atoms with Crippen molar-refractivity contribution in [1.29, 1.82) is 0 Å². The van der Waals surface area contributed by atoms with Crippen LogP contribution in [0.2, 0.25) is 10.0 Å². The van der Waals surface area contributed by atoms with Crippen molar-refractivity contribution in [3.63, 3.8) is 0 Å². The Balaban J connectivity index is 1.49. The number of carbonyl (C=O) groups is 2. The van der Waals surface area contributed by atoms with Crippen molar-refractivity contribution < 1.29 is 9.59 Å². The van der Waals surface area contributed by atoms with Crippen LogP contribution in [0, 0.1) is 6.92 Å². The van der Waals surface area contributed by atoms with Crippen LogP contribution >= 0.6 is 35.0 Å². The Labute approximate surface area is 198 Å². The van der Waals surface area contributed by atoms with Gasteiger partial charge in [-0.25, -0.2) is 0 Å². The Kier molecular flexibility index (Phi) is 8.67. The summed E-state index contributed by atoms with van der Waals surface area (Å²) < 4.78 is 0. The van der Waals surface area contributed by atoms with Crippen LogP contribution in [0.15, 0.2) is 41.3 Å². The Bertz CT molecular complexity index is 937. The summed E-state index contributed by atoms with van der Waals surface area (Å²) in [6.45, 7) is 7.54. The van der Waals surface area contributed by atoms with Crippen molar-refractivity contribution in [3.8, 4) is 0 Å². The van der Waals surface area contributed by atoms with Gasteiger partial charge in [0.25, 0.3) is 0 Å². The zero-order valence-electron chi connectivity index (χ0n) is 17.8. The first-order chi connectivity index (χ1) is 14.8. The SMILES string of the molecule is CC(=O)Nc1ccc(CN2CCCN(C(=O)CSc3cc(C)c(Cl)cc3Cl)CC2)cc1. The van der Waals surface area contributed by atoms with Crippen LogP contribution in [-0.4, -0.2) is 53.5 Å². The fraction of sp³-hybridized carbons (Fsp3) is 0.391. The molecule has 2 aromatic carbocycles. The van der Waals surface area contributed by atoms with Crippen LogP contribution in [0.5, 0.6) is 0 Å². The molecule has 1 heterocycles. The molecule has 8 heteroatoms. The normalized spacial score (nSPS) is 14.9. The quantitative estimate of drug-likeness (QED) is 0.586. The number of nitrogens with one attached hydrogen (secondary N) is 1. The van der Waals surface area contributed by atoms with Gasteiger partial charge in [0.1, 0.15) is 0 Å². The van der Waals surface area contributed by atoms with E-state index in [1.807, 2.05) is 42.2 Å². The van der Waals surface area contributed by atoms with Crippen molar-refractivity contribution in [2.24, 2.45) is 0 Å². The molecule has 0 aromatic heterocycles. The largest absolute Gasteiger partial charge is 0.341 e. The van der Waals surface area contributed by atoms with Crippen molar-refractivity contribution in [3.05, 3.63) is 57.6 Å². The highest BCUT2D eigenvalue weighted by molar-refractivity contribution is 8.00. The zero-order valence-corrected chi connectivity index (χ0v) is 20.1. The maximum absolute atomic E-state index is 12.8. The summed E-state index contributed by atoms with van der Waals surface area (Å²) in [6.07, 6.45) is 0.946. The van der Waals surface area contributed by atoms with Gasteiger partial charge < -0.3 is 10.2 Å². The molecule has 0 unspecified atom stereocenters. The van der Waals surface area contributed by atoms with Gasteiger partial charge in [-0.3, -0.25) is 14.5 Å². The van der Waals surface area contributed by atoms with Crippen molar-refractivity contribution in [2.45, 2.75) is 31.7 Å². The maximum atomic E-state index is 12.8. The molecule has 2 amide bonds. The smallest absolute Gasteiger partial charge is 0.232 e. The van der Waals surface area contributed by atoms with E-state index in [1.54, 1.807) is 6.07 Å². The minimum atomic E-state index is -0.0725.